The molecular formula is C16H23NO3. The molecule has 2 N–H and O–H groups in total. The summed E-state index contributed by atoms with van der Waals surface area (Å²) in [7, 11) is 0. The molecule has 1 heterocycles. The van der Waals surface area contributed by atoms with Gasteiger partial charge in [0.1, 0.15) is 5.75 Å². The maximum Gasteiger partial charge on any atom is 0.313 e. The second-order valence-corrected chi connectivity index (χ2v) is 5.53. The number of hydrogen-bond acceptors (Lipinski definition) is 4. The van der Waals surface area contributed by atoms with Crippen LogP contribution < -0.4 is 10.5 Å². The zero-order valence-electron chi connectivity index (χ0n) is 12.3. The Morgan fingerprint density at radius 2 is 2.30 bits per heavy atom. The number of esters is 1. The SMILES string of the molecule is CCOC(=O)C(C)(CN)CCc1ccc2c(c1)CCO2. The van der Waals surface area contributed by atoms with Crippen LogP contribution in [0.4, 0.5) is 0 Å². The zero-order chi connectivity index (χ0) is 14.6. The Kier molecular flexibility index (Phi) is 4.65. The van der Waals surface area contributed by atoms with Crippen molar-refractivity contribution >= 4 is 5.97 Å². The Morgan fingerprint density at radius 1 is 1.50 bits per heavy atom. The minimum absolute atomic E-state index is 0.202. The van der Waals surface area contributed by atoms with E-state index in [4.69, 9.17) is 15.2 Å². The molecule has 0 aliphatic carbocycles. The summed E-state index contributed by atoms with van der Waals surface area (Å²) in [5.41, 5.74) is 7.64. The number of carbonyl (C=O) groups excluding carboxylic acids is 1. The fraction of sp³-hybridized carbons (Fsp3) is 0.562. The monoisotopic (exact) mass is 277 g/mol. The number of fused-ring (bicyclic) bond motifs is 1. The van der Waals surface area contributed by atoms with E-state index >= 15 is 0 Å². The van der Waals surface area contributed by atoms with Crippen molar-refractivity contribution in [3.8, 4) is 5.75 Å². The predicted octanol–water partition coefficient (Wildman–Crippen LogP) is 2.08. The lowest BCUT2D eigenvalue weighted by Crippen LogP contribution is -2.37. The van der Waals surface area contributed by atoms with Gasteiger partial charge in [-0.15, -0.1) is 0 Å². The third-order valence-corrected chi connectivity index (χ3v) is 3.94. The van der Waals surface area contributed by atoms with Crippen molar-refractivity contribution < 1.29 is 14.3 Å². The largest absolute Gasteiger partial charge is 0.493 e. The number of ether oxygens (including phenoxy) is 2. The summed E-state index contributed by atoms with van der Waals surface area (Å²) in [5.74, 6) is 0.785. The molecule has 0 saturated carbocycles. The van der Waals surface area contributed by atoms with Gasteiger partial charge in [0.15, 0.2) is 0 Å². The molecule has 4 nitrogen and oxygen atoms in total. The van der Waals surface area contributed by atoms with Crippen LogP contribution in [-0.2, 0) is 22.4 Å². The molecule has 2 rings (SSSR count). The van der Waals surface area contributed by atoms with Crippen LogP contribution >= 0.6 is 0 Å². The van der Waals surface area contributed by atoms with Crippen LogP contribution in [0.15, 0.2) is 18.2 Å². The van der Waals surface area contributed by atoms with Gasteiger partial charge in [0, 0.05) is 13.0 Å². The van der Waals surface area contributed by atoms with E-state index in [0.29, 0.717) is 19.6 Å². The summed E-state index contributed by atoms with van der Waals surface area (Å²) in [6.07, 6.45) is 2.48. The van der Waals surface area contributed by atoms with Gasteiger partial charge in [0.2, 0.25) is 0 Å². The van der Waals surface area contributed by atoms with Gasteiger partial charge in [0.25, 0.3) is 0 Å². The lowest BCUT2D eigenvalue weighted by atomic mass is 9.84. The maximum atomic E-state index is 12.0. The first-order valence-corrected chi connectivity index (χ1v) is 7.21. The fourth-order valence-corrected chi connectivity index (χ4v) is 2.41. The number of hydrogen-bond donors (Lipinski definition) is 1. The van der Waals surface area contributed by atoms with E-state index < -0.39 is 5.41 Å². The minimum Gasteiger partial charge on any atom is -0.493 e. The summed E-state index contributed by atoms with van der Waals surface area (Å²) in [6.45, 7) is 5.16. The molecule has 0 spiro atoms. The van der Waals surface area contributed by atoms with E-state index in [2.05, 4.69) is 12.1 Å². The molecule has 0 radical (unpaired) electrons. The molecule has 1 aliphatic heterocycles. The van der Waals surface area contributed by atoms with Crippen molar-refractivity contribution in [2.24, 2.45) is 11.1 Å². The lowest BCUT2D eigenvalue weighted by Gasteiger charge is -2.25. The second-order valence-electron chi connectivity index (χ2n) is 5.53. The molecule has 1 aromatic rings. The molecule has 1 atom stereocenters. The van der Waals surface area contributed by atoms with Crippen molar-refractivity contribution in [1.29, 1.82) is 0 Å². The van der Waals surface area contributed by atoms with E-state index in [0.717, 1.165) is 25.2 Å². The molecule has 4 heteroatoms. The van der Waals surface area contributed by atoms with Gasteiger partial charge < -0.3 is 15.2 Å². The number of benzene rings is 1. The summed E-state index contributed by atoms with van der Waals surface area (Å²) in [6, 6.07) is 6.25. The molecule has 1 aliphatic rings. The van der Waals surface area contributed by atoms with Crippen molar-refractivity contribution in [2.75, 3.05) is 19.8 Å². The molecule has 1 aromatic carbocycles. The molecule has 0 saturated heterocycles. The highest BCUT2D eigenvalue weighted by molar-refractivity contribution is 5.76. The average Bonchev–Trinajstić information content (AvgIpc) is 2.92. The van der Waals surface area contributed by atoms with E-state index in [1.807, 2.05) is 19.9 Å². The maximum absolute atomic E-state index is 12.0. The van der Waals surface area contributed by atoms with Crippen molar-refractivity contribution in [1.82, 2.24) is 0 Å². The lowest BCUT2D eigenvalue weighted by molar-refractivity contribution is -0.154. The molecule has 0 amide bonds. The first kappa shape index (κ1) is 14.9. The van der Waals surface area contributed by atoms with E-state index in [-0.39, 0.29) is 5.97 Å². The average molecular weight is 277 g/mol. The topological polar surface area (TPSA) is 61.5 Å². The third kappa shape index (κ3) is 3.12. The van der Waals surface area contributed by atoms with Crippen molar-refractivity contribution in [2.45, 2.75) is 33.1 Å². The highest BCUT2D eigenvalue weighted by Crippen LogP contribution is 2.29. The highest BCUT2D eigenvalue weighted by Gasteiger charge is 2.32. The smallest absolute Gasteiger partial charge is 0.313 e. The summed E-state index contributed by atoms with van der Waals surface area (Å²) in [5, 5.41) is 0. The third-order valence-electron chi connectivity index (χ3n) is 3.94. The highest BCUT2D eigenvalue weighted by atomic mass is 16.5. The Labute approximate surface area is 120 Å². The van der Waals surface area contributed by atoms with Crippen LogP contribution in [0.3, 0.4) is 0 Å². The van der Waals surface area contributed by atoms with Crippen LogP contribution in [0.25, 0.3) is 0 Å². The number of rotatable bonds is 6. The Hall–Kier alpha value is -1.55. The van der Waals surface area contributed by atoms with Gasteiger partial charge >= 0.3 is 5.97 Å². The first-order chi connectivity index (χ1) is 9.59. The Bertz CT molecular complexity index is 487. The van der Waals surface area contributed by atoms with Gasteiger partial charge in [-0.05, 0) is 43.9 Å². The van der Waals surface area contributed by atoms with Crippen LogP contribution in [0.2, 0.25) is 0 Å². The van der Waals surface area contributed by atoms with Gasteiger partial charge in [-0.3, -0.25) is 4.79 Å². The Morgan fingerprint density at radius 3 is 3.00 bits per heavy atom. The predicted molar refractivity (Wildman–Crippen MR) is 77.8 cm³/mol. The minimum atomic E-state index is -0.606. The van der Waals surface area contributed by atoms with Gasteiger partial charge in [-0.2, -0.15) is 0 Å². The number of aryl methyl sites for hydroxylation is 1. The van der Waals surface area contributed by atoms with E-state index in [1.54, 1.807) is 0 Å². The molecule has 1 unspecified atom stereocenters. The van der Waals surface area contributed by atoms with Crippen LogP contribution in [0.5, 0.6) is 5.75 Å². The van der Waals surface area contributed by atoms with Crippen molar-refractivity contribution in [3.05, 3.63) is 29.3 Å². The first-order valence-electron chi connectivity index (χ1n) is 7.21. The molecule has 0 aromatic heterocycles. The molecule has 20 heavy (non-hydrogen) atoms. The van der Waals surface area contributed by atoms with Gasteiger partial charge in [0.05, 0.1) is 18.6 Å². The van der Waals surface area contributed by atoms with Crippen LogP contribution in [-0.4, -0.2) is 25.7 Å². The van der Waals surface area contributed by atoms with Crippen LogP contribution in [0, 0.1) is 5.41 Å². The summed E-state index contributed by atoms with van der Waals surface area (Å²) in [4.78, 5) is 12.0. The molecule has 0 fully saturated rings. The molecular weight excluding hydrogens is 254 g/mol. The quantitative estimate of drug-likeness (QED) is 0.809. The Balaban J connectivity index is 2.01. The standard InChI is InChI=1S/C16H23NO3/c1-3-19-15(18)16(2,11-17)8-6-12-4-5-14-13(10-12)7-9-20-14/h4-5,10H,3,6-9,11,17H2,1-2H3. The van der Waals surface area contributed by atoms with Crippen molar-refractivity contribution in [3.63, 3.8) is 0 Å². The summed E-state index contributed by atoms with van der Waals surface area (Å²) < 4.78 is 10.6. The fourth-order valence-electron chi connectivity index (χ4n) is 2.41. The molecule has 110 valence electrons. The number of nitrogens with two attached hydrogens (primary N) is 1. The zero-order valence-corrected chi connectivity index (χ0v) is 12.3. The van der Waals surface area contributed by atoms with Gasteiger partial charge in [-0.1, -0.05) is 12.1 Å². The van der Waals surface area contributed by atoms with Crippen LogP contribution in [0.1, 0.15) is 31.4 Å². The number of carbonyl (C=O) groups is 1. The molecule has 0 bridgehead atoms. The normalized spacial score (nSPS) is 16.1. The van der Waals surface area contributed by atoms with E-state index in [9.17, 15) is 4.79 Å². The van der Waals surface area contributed by atoms with E-state index in [1.165, 1.54) is 11.1 Å². The van der Waals surface area contributed by atoms with Gasteiger partial charge in [-0.25, -0.2) is 0 Å². The summed E-state index contributed by atoms with van der Waals surface area (Å²) >= 11 is 0. The second kappa shape index (κ2) is 6.27.